The molecule has 0 aliphatic carbocycles. The Labute approximate surface area is 88.8 Å². The number of ether oxygens (including phenoxy) is 3. The van der Waals surface area contributed by atoms with Crippen LogP contribution in [-0.4, -0.2) is 19.9 Å². The summed E-state index contributed by atoms with van der Waals surface area (Å²) < 4.78 is 14.5. The lowest BCUT2D eigenvalue weighted by atomic mass is 10.2. The molecule has 0 spiro atoms. The lowest BCUT2D eigenvalue weighted by Gasteiger charge is -2.05. The van der Waals surface area contributed by atoms with Crippen LogP contribution in [0.3, 0.4) is 0 Å². The Morgan fingerprint density at radius 1 is 1.33 bits per heavy atom. The van der Waals surface area contributed by atoms with Crippen molar-refractivity contribution in [1.29, 1.82) is 0 Å². The summed E-state index contributed by atoms with van der Waals surface area (Å²) in [5, 5.41) is 0. The van der Waals surface area contributed by atoms with E-state index in [2.05, 4.69) is 4.74 Å². The Balaban J connectivity index is 2.46. The van der Waals surface area contributed by atoms with E-state index in [1.165, 1.54) is 0 Å². The van der Waals surface area contributed by atoms with Crippen LogP contribution >= 0.6 is 0 Å². The van der Waals surface area contributed by atoms with Crippen LogP contribution in [0.2, 0.25) is 0 Å². The summed E-state index contributed by atoms with van der Waals surface area (Å²) in [7, 11) is 1.59. The molecule has 0 saturated carbocycles. The Hall–Kier alpha value is -1.71. The molecule has 0 N–H and O–H groups in total. The van der Waals surface area contributed by atoms with Crippen LogP contribution in [0.15, 0.2) is 24.3 Å². The number of methoxy groups -OCH3 is 1. The third-order valence-corrected chi connectivity index (χ3v) is 1.75. The largest absolute Gasteiger partial charge is 0.508 e. The third-order valence-electron chi connectivity index (χ3n) is 1.75. The Kier molecular flexibility index (Phi) is 4.47. The van der Waals surface area contributed by atoms with Crippen LogP contribution in [0, 0.1) is 0 Å². The van der Waals surface area contributed by atoms with E-state index in [9.17, 15) is 4.79 Å². The van der Waals surface area contributed by atoms with Crippen molar-refractivity contribution in [3.63, 3.8) is 0 Å². The fourth-order valence-corrected chi connectivity index (χ4v) is 1.06. The molecule has 0 aliphatic heterocycles. The first-order chi connectivity index (χ1) is 7.26. The van der Waals surface area contributed by atoms with Gasteiger partial charge in [0.05, 0.1) is 13.7 Å². The van der Waals surface area contributed by atoms with Gasteiger partial charge in [-0.05, 0) is 24.6 Å². The summed E-state index contributed by atoms with van der Waals surface area (Å²) in [6, 6.07) is 7.32. The zero-order valence-corrected chi connectivity index (χ0v) is 8.86. The van der Waals surface area contributed by atoms with Gasteiger partial charge in [0.1, 0.15) is 12.4 Å². The van der Waals surface area contributed by atoms with E-state index in [0.29, 0.717) is 6.61 Å². The molecule has 0 unspecified atom stereocenters. The van der Waals surface area contributed by atoms with Gasteiger partial charge in [0, 0.05) is 0 Å². The molecule has 0 aliphatic rings. The molecule has 0 saturated heterocycles. The van der Waals surface area contributed by atoms with Gasteiger partial charge < -0.3 is 14.2 Å². The molecule has 1 aromatic rings. The Bertz CT molecular complexity index is 322. The number of hydrogen-bond donors (Lipinski definition) is 0. The van der Waals surface area contributed by atoms with Gasteiger partial charge in [0.15, 0.2) is 0 Å². The van der Waals surface area contributed by atoms with Crippen molar-refractivity contribution in [2.45, 2.75) is 13.5 Å². The summed E-state index contributed by atoms with van der Waals surface area (Å²) in [6.07, 6.45) is -0.652. The second kappa shape index (κ2) is 5.90. The maximum absolute atomic E-state index is 10.9. The molecule has 15 heavy (non-hydrogen) atoms. The SMILES string of the molecule is CCOC(=O)OCc1cccc(OC)c1. The highest BCUT2D eigenvalue weighted by molar-refractivity contribution is 5.59. The lowest BCUT2D eigenvalue weighted by Crippen LogP contribution is -2.06. The van der Waals surface area contributed by atoms with Crippen molar-refractivity contribution in [1.82, 2.24) is 0 Å². The molecule has 1 aromatic carbocycles. The van der Waals surface area contributed by atoms with Crippen LogP contribution < -0.4 is 4.74 Å². The normalized spacial score (nSPS) is 9.47. The smallest absolute Gasteiger partial charge is 0.497 e. The van der Waals surface area contributed by atoms with Crippen LogP contribution in [0.4, 0.5) is 4.79 Å². The maximum Gasteiger partial charge on any atom is 0.508 e. The van der Waals surface area contributed by atoms with Crippen molar-refractivity contribution in [3.05, 3.63) is 29.8 Å². The Morgan fingerprint density at radius 3 is 2.80 bits per heavy atom. The molecular weight excluding hydrogens is 196 g/mol. The van der Waals surface area contributed by atoms with Gasteiger partial charge in [0.25, 0.3) is 0 Å². The molecule has 0 fully saturated rings. The van der Waals surface area contributed by atoms with Crippen molar-refractivity contribution in [2.75, 3.05) is 13.7 Å². The number of carbonyl (C=O) groups is 1. The predicted molar refractivity (Wildman–Crippen MR) is 54.8 cm³/mol. The average Bonchev–Trinajstić information content (AvgIpc) is 2.27. The quantitative estimate of drug-likeness (QED) is 0.715. The van der Waals surface area contributed by atoms with Gasteiger partial charge in [-0.25, -0.2) is 4.79 Å². The molecule has 0 heterocycles. The molecule has 0 aromatic heterocycles. The van der Waals surface area contributed by atoms with Gasteiger partial charge in [-0.3, -0.25) is 0 Å². The molecule has 0 amide bonds. The van der Waals surface area contributed by atoms with E-state index < -0.39 is 6.16 Å². The zero-order chi connectivity index (χ0) is 11.1. The molecule has 0 atom stereocenters. The number of carbonyl (C=O) groups excluding carboxylic acids is 1. The van der Waals surface area contributed by atoms with E-state index in [1.807, 2.05) is 18.2 Å². The van der Waals surface area contributed by atoms with Crippen LogP contribution in [0.25, 0.3) is 0 Å². The molecule has 4 nitrogen and oxygen atoms in total. The van der Waals surface area contributed by atoms with Crippen molar-refractivity contribution in [2.24, 2.45) is 0 Å². The molecule has 4 heteroatoms. The average molecular weight is 210 g/mol. The summed E-state index contributed by atoms with van der Waals surface area (Å²) in [6.45, 7) is 2.24. The van der Waals surface area contributed by atoms with Crippen molar-refractivity contribution in [3.8, 4) is 5.75 Å². The monoisotopic (exact) mass is 210 g/mol. The van der Waals surface area contributed by atoms with E-state index >= 15 is 0 Å². The number of hydrogen-bond acceptors (Lipinski definition) is 4. The van der Waals surface area contributed by atoms with Crippen molar-refractivity contribution >= 4 is 6.16 Å². The predicted octanol–water partition coefficient (Wildman–Crippen LogP) is 2.37. The van der Waals surface area contributed by atoms with E-state index in [-0.39, 0.29) is 6.61 Å². The van der Waals surface area contributed by atoms with Crippen LogP contribution in [-0.2, 0) is 16.1 Å². The summed E-state index contributed by atoms with van der Waals surface area (Å²) in [5.74, 6) is 0.736. The lowest BCUT2D eigenvalue weighted by molar-refractivity contribution is 0.0535. The van der Waals surface area contributed by atoms with Crippen molar-refractivity contribution < 1.29 is 19.0 Å². The molecule has 82 valence electrons. The van der Waals surface area contributed by atoms with Gasteiger partial charge in [-0.1, -0.05) is 12.1 Å². The second-order valence-electron chi connectivity index (χ2n) is 2.82. The maximum atomic E-state index is 10.9. The van der Waals surface area contributed by atoms with Crippen LogP contribution in [0.5, 0.6) is 5.75 Å². The first-order valence-electron chi connectivity index (χ1n) is 4.68. The number of rotatable bonds is 4. The minimum Gasteiger partial charge on any atom is -0.497 e. The minimum absolute atomic E-state index is 0.191. The Morgan fingerprint density at radius 2 is 2.13 bits per heavy atom. The fourth-order valence-electron chi connectivity index (χ4n) is 1.06. The summed E-state index contributed by atoms with van der Waals surface area (Å²) in [5.41, 5.74) is 0.863. The van der Waals surface area contributed by atoms with E-state index in [4.69, 9.17) is 9.47 Å². The van der Waals surface area contributed by atoms with Crippen LogP contribution in [0.1, 0.15) is 12.5 Å². The standard InChI is InChI=1S/C11H14O4/c1-3-14-11(12)15-8-9-5-4-6-10(7-9)13-2/h4-7H,3,8H2,1-2H3. The van der Waals surface area contributed by atoms with Gasteiger partial charge >= 0.3 is 6.16 Å². The molecule has 0 bridgehead atoms. The third kappa shape index (κ3) is 3.89. The van der Waals surface area contributed by atoms with Gasteiger partial charge in [0.2, 0.25) is 0 Å². The first-order valence-corrected chi connectivity index (χ1v) is 4.68. The van der Waals surface area contributed by atoms with Gasteiger partial charge in [-0.2, -0.15) is 0 Å². The molecule has 1 rings (SSSR count). The van der Waals surface area contributed by atoms with E-state index in [1.54, 1.807) is 20.1 Å². The fraction of sp³-hybridized carbons (Fsp3) is 0.364. The second-order valence-corrected chi connectivity index (χ2v) is 2.82. The summed E-state index contributed by atoms with van der Waals surface area (Å²) >= 11 is 0. The topological polar surface area (TPSA) is 44.8 Å². The molecular formula is C11H14O4. The molecule has 0 radical (unpaired) electrons. The highest BCUT2D eigenvalue weighted by Crippen LogP contribution is 2.13. The number of benzene rings is 1. The highest BCUT2D eigenvalue weighted by Gasteiger charge is 2.03. The minimum atomic E-state index is -0.652. The first kappa shape index (κ1) is 11.4. The van der Waals surface area contributed by atoms with Gasteiger partial charge in [-0.15, -0.1) is 0 Å². The zero-order valence-electron chi connectivity index (χ0n) is 8.86. The summed E-state index contributed by atoms with van der Waals surface area (Å²) in [4.78, 5) is 10.9. The van der Waals surface area contributed by atoms with E-state index in [0.717, 1.165) is 11.3 Å². The highest BCUT2D eigenvalue weighted by atomic mass is 16.7.